The lowest BCUT2D eigenvalue weighted by Gasteiger charge is -2.17. The molecule has 140 valence electrons. The average Bonchev–Trinajstić information content (AvgIpc) is 3.01. The molecule has 0 radical (unpaired) electrons. The summed E-state index contributed by atoms with van der Waals surface area (Å²) in [6, 6.07) is 7.20. The average molecular weight is 382 g/mol. The second kappa shape index (κ2) is 6.93. The summed E-state index contributed by atoms with van der Waals surface area (Å²) in [6.07, 6.45) is 3.11. The van der Waals surface area contributed by atoms with Crippen molar-refractivity contribution in [2.75, 3.05) is 7.11 Å². The summed E-state index contributed by atoms with van der Waals surface area (Å²) in [6.45, 7) is 4.52. The van der Waals surface area contributed by atoms with E-state index in [9.17, 15) is 9.59 Å². The van der Waals surface area contributed by atoms with Gasteiger partial charge in [-0.3, -0.25) is 9.36 Å². The van der Waals surface area contributed by atoms with Crippen LogP contribution in [0.2, 0.25) is 0 Å². The Morgan fingerprint density at radius 1 is 1.41 bits per heavy atom. The molecule has 1 unspecified atom stereocenters. The zero-order chi connectivity index (χ0) is 19.1. The Morgan fingerprint density at radius 3 is 3.00 bits per heavy atom. The Morgan fingerprint density at radius 2 is 2.22 bits per heavy atom. The molecule has 5 nitrogen and oxygen atoms in total. The van der Waals surface area contributed by atoms with E-state index in [-0.39, 0.29) is 11.5 Å². The van der Waals surface area contributed by atoms with E-state index in [0.717, 1.165) is 35.0 Å². The number of thiophene rings is 1. The highest BCUT2D eigenvalue weighted by molar-refractivity contribution is 7.18. The first-order valence-corrected chi connectivity index (χ1v) is 9.98. The van der Waals surface area contributed by atoms with Gasteiger partial charge in [-0.25, -0.2) is 9.78 Å². The first kappa shape index (κ1) is 17.9. The van der Waals surface area contributed by atoms with E-state index >= 15 is 0 Å². The number of carbonyl (C=O) groups excluding carboxylic acids is 1. The molecule has 1 aromatic carbocycles. The molecule has 2 aromatic heterocycles. The minimum atomic E-state index is -0.379. The van der Waals surface area contributed by atoms with Crippen LogP contribution in [0.15, 0.2) is 29.1 Å². The van der Waals surface area contributed by atoms with E-state index in [1.807, 2.05) is 19.1 Å². The Bertz CT molecular complexity index is 1100. The second-order valence-corrected chi connectivity index (χ2v) is 8.36. The molecule has 0 N–H and O–H groups in total. The molecule has 2 heterocycles. The van der Waals surface area contributed by atoms with Crippen LogP contribution in [-0.4, -0.2) is 22.6 Å². The normalized spacial score (nSPS) is 16.3. The van der Waals surface area contributed by atoms with Crippen LogP contribution >= 0.6 is 11.3 Å². The highest BCUT2D eigenvalue weighted by Gasteiger charge is 2.24. The topological polar surface area (TPSA) is 61.2 Å². The van der Waals surface area contributed by atoms with E-state index in [1.54, 1.807) is 28.0 Å². The number of ether oxygens (including phenoxy) is 1. The fraction of sp³-hybridized carbons (Fsp3) is 0.381. The standard InChI is InChI=1S/C21H22N2O3S/c1-12-7-8-16-17(9-12)27-19-18(16)20(24)23(13(2)22-19)11-14-5-4-6-15(10-14)21(25)26-3/h4-6,10,12H,7-9,11H2,1-3H3. The third kappa shape index (κ3) is 3.18. The van der Waals surface area contributed by atoms with Gasteiger partial charge in [-0.15, -0.1) is 11.3 Å². The highest BCUT2D eigenvalue weighted by atomic mass is 32.1. The zero-order valence-electron chi connectivity index (χ0n) is 15.7. The van der Waals surface area contributed by atoms with Crippen molar-refractivity contribution in [3.05, 3.63) is 62.0 Å². The predicted molar refractivity (Wildman–Crippen MR) is 107 cm³/mol. The fourth-order valence-corrected chi connectivity index (χ4v) is 5.23. The quantitative estimate of drug-likeness (QED) is 0.648. The minimum Gasteiger partial charge on any atom is -0.465 e. The smallest absolute Gasteiger partial charge is 0.337 e. The molecule has 0 spiro atoms. The van der Waals surface area contributed by atoms with Crippen molar-refractivity contribution in [1.82, 2.24) is 9.55 Å². The van der Waals surface area contributed by atoms with Crippen molar-refractivity contribution >= 4 is 27.5 Å². The monoisotopic (exact) mass is 382 g/mol. The minimum absolute atomic E-state index is 0.0213. The van der Waals surface area contributed by atoms with Gasteiger partial charge in [0, 0.05) is 4.88 Å². The molecule has 1 atom stereocenters. The Hall–Kier alpha value is -2.47. The van der Waals surface area contributed by atoms with Gasteiger partial charge in [0.25, 0.3) is 5.56 Å². The Balaban J connectivity index is 1.79. The molecule has 6 heteroatoms. The van der Waals surface area contributed by atoms with Crippen LogP contribution in [0.5, 0.6) is 0 Å². The molecule has 4 rings (SSSR count). The molecule has 0 fully saturated rings. The van der Waals surface area contributed by atoms with Crippen LogP contribution in [0.3, 0.4) is 0 Å². The van der Waals surface area contributed by atoms with Gasteiger partial charge in [0.2, 0.25) is 0 Å². The third-order valence-electron chi connectivity index (χ3n) is 5.29. The largest absolute Gasteiger partial charge is 0.465 e. The molecule has 0 amide bonds. The lowest BCUT2D eigenvalue weighted by Crippen LogP contribution is -2.25. The van der Waals surface area contributed by atoms with Crippen LogP contribution in [0.1, 0.15) is 45.5 Å². The maximum absolute atomic E-state index is 13.3. The third-order valence-corrected chi connectivity index (χ3v) is 6.44. The number of hydrogen-bond donors (Lipinski definition) is 0. The van der Waals surface area contributed by atoms with Gasteiger partial charge in [0.1, 0.15) is 10.7 Å². The van der Waals surface area contributed by atoms with Crippen LogP contribution in [0.25, 0.3) is 10.2 Å². The van der Waals surface area contributed by atoms with E-state index in [2.05, 4.69) is 6.92 Å². The van der Waals surface area contributed by atoms with Crippen molar-refractivity contribution in [2.24, 2.45) is 5.92 Å². The SMILES string of the molecule is COC(=O)c1cccc(Cn2c(C)nc3sc4c(c3c2=O)CCC(C)C4)c1. The van der Waals surface area contributed by atoms with Gasteiger partial charge in [-0.2, -0.15) is 0 Å². The van der Waals surface area contributed by atoms with Crippen molar-refractivity contribution in [3.8, 4) is 0 Å². The summed E-state index contributed by atoms with van der Waals surface area (Å²) in [4.78, 5) is 32.0. The first-order chi connectivity index (χ1) is 13.0. The number of fused-ring (bicyclic) bond motifs is 3. The number of hydrogen-bond acceptors (Lipinski definition) is 5. The number of nitrogens with zero attached hydrogens (tertiary/aromatic N) is 2. The number of rotatable bonds is 3. The van der Waals surface area contributed by atoms with E-state index < -0.39 is 0 Å². The van der Waals surface area contributed by atoms with Gasteiger partial charge >= 0.3 is 5.97 Å². The second-order valence-electron chi connectivity index (χ2n) is 7.27. The molecule has 27 heavy (non-hydrogen) atoms. The van der Waals surface area contributed by atoms with E-state index in [4.69, 9.17) is 9.72 Å². The molecular formula is C21H22N2O3S. The summed E-state index contributed by atoms with van der Waals surface area (Å²) < 4.78 is 6.50. The predicted octanol–water partition coefficient (Wildman–Crippen LogP) is 3.73. The van der Waals surface area contributed by atoms with Crippen molar-refractivity contribution in [1.29, 1.82) is 0 Å². The number of aromatic nitrogens is 2. The Labute approximate surface area is 161 Å². The number of carbonyl (C=O) groups is 1. The van der Waals surface area contributed by atoms with Crippen LogP contribution in [-0.2, 0) is 24.1 Å². The molecule has 1 aliphatic carbocycles. The maximum Gasteiger partial charge on any atom is 0.337 e. The summed E-state index contributed by atoms with van der Waals surface area (Å²) in [5.74, 6) is 0.980. The lowest BCUT2D eigenvalue weighted by atomic mass is 9.89. The number of benzene rings is 1. The van der Waals surface area contributed by atoms with E-state index in [1.165, 1.54) is 17.6 Å². The van der Waals surface area contributed by atoms with Gasteiger partial charge in [0.15, 0.2) is 0 Å². The number of aryl methyl sites for hydroxylation is 2. The van der Waals surface area contributed by atoms with Gasteiger partial charge in [0.05, 0.1) is 24.6 Å². The molecule has 0 saturated carbocycles. The van der Waals surface area contributed by atoms with Gasteiger partial charge in [-0.05, 0) is 55.4 Å². The summed E-state index contributed by atoms with van der Waals surface area (Å²) in [5.41, 5.74) is 2.58. The summed E-state index contributed by atoms with van der Waals surface area (Å²) >= 11 is 1.67. The van der Waals surface area contributed by atoms with Crippen molar-refractivity contribution in [3.63, 3.8) is 0 Å². The maximum atomic E-state index is 13.3. The lowest BCUT2D eigenvalue weighted by molar-refractivity contribution is 0.0600. The zero-order valence-corrected chi connectivity index (χ0v) is 16.6. The van der Waals surface area contributed by atoms with E-state index in [0.29, 0.717) is 23.9 Å². The molecule has 1 aliphatic rings. The number of methoxy groups -OCH3 is 1. The molecule has 0 bridgehead atoms. The molecule has 3 aromatic rings. The Kier molecular flexibility index (Phi) is 4.60. The molecule has 0 aliphatic heterocycles. The summed E-state index contributed by atoms with van der Waals surface area (Å²) in [5, 5.41) is 0.789. The molecule has 0 saturated heterocycles. The van der Waals surface area contributed by atoms with Gasteiger partial charge in [-0.1, -0.05) is 19.1 Å². The molecular weight excluding hydrogens is 360 g/mol. The number of esters is 1. The first-order valence-electron chi connectivity index (χ1n) is 9.17. The van der Waals surface area contributed by atoms with Crippen LogP contribution in [0.4, 0.5) is 0 Å². The van der Waals surface area contributed by atoms with Crippen LogP contribution < -0.4 is 5.56 Å². The highest BCUT2D eigenvalue weighted by Crippen LogP contribution is 2.35. The fourth-order valence-electron chi connectivity index (χ4n) is 3.81. The van der Waals surface area contributed by atoms with Crippen LogP contribution in [0, 0.1) is 12.8 Å². The van der Waals surface area contributed by atoms with Crippen molar-refractivity contribution < 1.29 is 9.53 Å². The van der Waals surface area contributed by atoms with Crippen molar-refractivity contribution in [2.45, 2.75) is 39.7 Å². The summed E-state index contributed by atoms with van der Waals surface area (Å²) in [7, 11) is 1.36. The van der Waals surface area contributed by atoms with Gasteiger partial charge < -0.3 is 4.74 Å².